The van der Waals surface area contributed by atoms with Crippen molar-refractivity contribution in [3.63, 3.8) is 0 Å². The second-order valence-electron chi connectivity index (χ2n) is 5.30. The van der Waals surface area contributed by atoms with E-state index in [9.17, 15) is 9.18 Å². The van der Waals surface area contributed by atoms with Crippen LogP contribution < -0.4 is 5.32 Å². The normalized spacial score (nSPS) is 10.6. The van der Waals surface area contributed by atoms with Gasteiger partial charge in [0.15, 0.2) is 5.82 Å². The third-order valence-corrected chi connectivity index (χ3v) is 3.98. The number of nitrogens with zero attached hydrogens (tertiary/aromatic N) is 2. The first kappa shape index (κ1) is 16.3. The lowest BCUT2D eigenvalue weighted by Gasteiger charge is -2.06. The second-order valence-corrected chi connectivity index (χ2v) is 6.15. The van der Waals surface area contributed by atoms with Crippen LogP contribution in [0.4, 0.5) is 10.1 Å². The molecule has 3 rings (SSSR count). The molecule has 0 atom stereocenters. The van der Waals surface area contributed by atoms with Gasteiger partial charge in [-0.1, -0.05) is 6.07 Å². The molecule has 0 spiro atoms. The van der Waals surface area contributed by atoms with Crippen LogP contribution in [-0.2, 0) is 11.2 Å². The van der Waals surface area contributed by atoms with Crippen molar-refractivity contribution in [1.82, 2.24) is 15.2 Å². The van der Waals surface area contributed by atoms with E-state index >= 15 is 0 Å². The molecule has 1 amide bonds. The van der Waals surface area contributed by atoms with Crippen molar-refractivity contribution in [2.75, 3.05) is 5.32 Å². The molecular formula is C17H14BrFN4O. The number of amides is 1. The minimum Gasteiger partial charge on any atom is -0.326 e. The van der Waals surface area contributed by atoms with E-state index in [1.165, 1.54) is 6.07 Å². The fourth-order valence-electron chi connectivity index (χ4n) is 2.21. The molecule has 3 aromatic rings. The molecule has 5 nitrogen and oxygen atoms in total. The molecule has 1 aromatic heterocycles. The van der Waals surface area contributed by atoms with E-state index in [-0.39, 0.29) is 18.1 Å². The summed E-state index contributed by atoms with van der Waals surface area (Å²) in [4.78, 5) is 16.3. The van der Waals surface area contributed by atoms with Gasteiger partial charge in [0, 0.05) is 11.3 Å². The number of hydrogen-bond donors (Lipinski definition) is 2. The van der Waals surface area contributed by atoms with Crippen molar-refractivity contribution >= 4 is 27.5 Å². The highest BCUT2D eigenvalue weighted by Gasteiger charge is 2.08. The van der Waals surface area contributed by atoms with Gasteiger partial charge in [-0.3, -0.25) is 9.89 Å². The molecule has 7 heteroatoms. The maximum atomic E-state index is 13.2. The highest BCUT2D eigenvalue weighted by Crippen LogP contribution is 2.19. The molecule has 2 N–H and O–H groups in total. The Balaban J connectivity index is 1.65. The first-order valence-corrected chi connectivity index (χ1v) is 8.04. The number of nitrogens with one attached hydrogen (secondary N) is 2. The monoisotopic (exact) mass is 388 g/mol. The van der Waals surface area contributed by atoms with E-state index in [0.29, 0.717) is 16.0 Å². The molecule has 0 aliphatic rings. The van der Waals surface area contributed by atoms with Gasteiger partial charge < -0.3 is 5.32 Å². The van der Waals surface area contributed by atoms with Crippen LogP contribution in [0.15, 0.2) is 46.9 Å². The number of anilines is 1. The van der Waals surface area contributed by atoms with Gasteiger partial charge in [0.05, 0.1) is 10.9 Å². The van der Waals surface area contributed by atoms with Gasteiger partial charge in [-0.05, 0) is 64.8 Å². The van der Waals surface area contributed by atoms with Crippen LogP contribution in [0.2, 0.25) is 0 Å². The van der Waals surface area contributed by atoms with E-state index in [4.69, 9.17) is 0 Å². The average molecular weight is 389 g/mol. The van der Waals surface area contributed by atoms with E-state index in [1.807, 2.05) is 19.1 Å². The zero-order chi connectivity index (χ0) is 17.1. The van der Waals surface area contributed by atoms with Gasteiger partial charge in [0.1, 0.15) is 11.6 Å². The van der Waals surface area contributed by atoms with E-state index in [0.717, 1.165) is 17.0 Å². The first-order valence-electron chi connectivity index (χ1n) is 7.24. The van der Waals surface area contributed by atoms with Gasteiger partial charge in [-0.25, -0.2) is 9.37 Å². The fourth-order valence-corrected chi connectivity index (χ4v) is 2.64. The predicted octanol–water partition coefficient (Wildman–Crippen LogP) is 3.86. The van der Waals surface area contributed by atoms with Crippen molar-refractivity contribution in [1.29, 1.82) is 0 Å². The third-order valence-electron chi connectivity index (χ3n) is 3.37. The number of aromatic amines is 1. The van der Waals surface area contributed by atoms with Crippen LogP contribution in [-0.4, -0.2) is 21.1 Å². The maximum Gasteiger partial charge on any atom is 0.228 e. The summed E-state index contributed by atoms with van der Waals surface area (Å²) in [5.41, 5.74) is 2.27. The third kappa shape index (κ3) is 3.86. The molecule has 122 valence electrons. The van der Waals surface area contributed by atoms with E-state index in [2.05, 4.69) is 36.4 Å². The highest BCUT2D eigenvalue weighted by molar-refractivity contribution is 9.10. The minimum atomic E-state index is -0.350. The van der Waals surface area contributed by atoms with E-state index < -0.39 is 0 Å². The lowest BCUT2D eigenvalue weighted by molar-refractivity contribution is -0.115. The number of carbonyl (C=O) groups is 1. The Bertz CT molecular complexity index is 877. The van der Waals surface area contributed by atoms with Crippen molar-refractivity contribution < 1.29 is 9.18 Å². The molecule has 2 aromatic carbocycles. The van der Waals surface area contributed by atoms with Crippen LogP contribution in [0.25, 0.3) is 11.4 Å². The van der Waals surface area contributed by atoms with Crippen molar-refractivity contribution in [3.8, 4) is 11.4 Å². The Kier molecular flexibility index (Phi) is 4.71. The number of aryl methyl sites for hydroxylation is 1. The first-order chi connectivity index (χ1) is 11.5. The molecule has 0 fully saturated rings. The van der Waals surface area contributed by atoms with Gasteiger partial charge in [0.2, 0.25) is 5.91 Å². The Labute approximate surface area is 146 Å². The van der Waals surface area contributed by atoms with Crippen molar-refractivity contribution in [3.05, 3.63) is 64.1 Å². The topological polar surface area (TPSA) is 70.7 Å². The van der Waals surface area contributed by atoms with Gasteiger partial charge >= 0.3 is 0 Å². The summed E-state index contributed by atoms with van der Waals surface area (Å²) in [6.07, 6.45) is 0.167. The summed E-state index contributed by atoms with van der Waals surface area (Å²) >= 11 is 3.11. The lowest BCUT2D eigenvalue weighted by atomic mass is 10.1. The predicted molar refractivity (Wildman–Crippen MR) is 93.0 cm³/mol. The molecule has 1 heterocycles. The van der Waals surface area contributed by atoms with Crippen LogP contribution in [0, 0.1) is 12.7 Å². The maximum absolute atomic E-state index is 13.2. The lowest BCUT2D eigenvalue weighted by Crippen LogP contribution is -2.14. The minimum absolute atomic E-state index is 0.167. The Morgan fingerprint density at radius 3 is 2.62 bits per heavy atom. The standard InChI is InChI=1S/C17H14BrFN4O/c1-10-20-17(23-22-10)12-3-5-13(6-4-12)21-16(24)9-11-2-7-15(19)14(18)8-11/h2-8H,9H2,1H3,(H,21,24)(H,20,22,23). The van der Waals surface area contributed by atoms with Gasteiger partial charge in [0.25, 0.3) is 0 Å². The largest absolute Gasteiger partial charge is 0.326 e. The van der Waals surface area contributed by atoms with Crippen molar-refractivity contribution in [2.45, 2.75) is 13.3 Å². The van der Waals surface area contributed by atoms with Crippen LogP contribution in [0.3, 0.4) is 0 Å². The SMILES string of the molecule is Cc1nc(-c2ccc(NC(=O)Cc3ccc(F)c(Br)c3)cc2)n[nH]1. The average Bonchev–Trinajstić information content (AvgIpc) is 2.98. The number of benzene rings is 2. The molecule has 0 unspecified atom stereocenters. The Morgan fingerprint density at radius 2 is 2.00 bits per heavy atom. The Hall–Kier alpha value is -2.54. The molecule has 0 aliphatic carbocycles. The van der Waals surface area contributed by atoms with Crippen LogP contribution in [0.1, 0.15) is 11.4 Å². The summed E-state index contributed by atoms with van der Waals surface area (Å²) in [5, 5.41) is 9.69. The second kappa shape index (κ2) is 6.92. The Morgan fingerprint density at radius 1 is 1.25 bits per heavy atom. The fraction of sp³-hybridized carbons (Fsp3) is 0.118. The molecule has 0 saturated carbocycles. The molecule has 24 heavy (non-hydrogen) atoms. The molecule has 0 radical (unpaired) electrons. The zero-order valence-corrected chi connectivity index (χ0v) is 14.4. The molecule has 0 saturated heterocycles. The van der Waals surface area contributed by atoms with E-state index in [1.54, 1.807) is 24.3 Å². The number of hydrogen-bond acceptors (Lipinski definition) is 3. The highest BCUT2D eigenvalue weighted by atomic mass is 79.9. The number of aromatic nitrogens is 3. The molecular weight excluding hydrogens is 375 g/mol. The van der Waals surface area contributed by atoms with Gasteiger partial charge in [-0.2, -0.15) is 5.10 Å². The number of H-pyrrole nitrogens is 1. The number of carbonyl (C=O) groups excluding carboxylic acids is 1. The smallest absolute Gasteiger partial charge is 0.228 e. The number of rotatable bonds is 4. The van der Waals surface area contributed by atoms with Crippen molar-refractivity contribution in [2.24, 2.45) is 0 Å². The van der Waals surface area contributed by atoms with Gasteiger partial charge in [-0.15, -0.1) is 0 Å². The summed E-state index contributed by atoms with van der Waals surface area (Å²) in [6.45, 7) is 1.83. The molecule has 0 bridgehead atoms. The summed E-state index contributed by atoms with van der Waals surface area (Å²) < 4.78 is 13.5. The molecule has 0 aliphatic heterocycles. The van der Waals surface area contributed by atoms with Crippen LogP contribution >= 0.6 is 15.9 Å². The summed E-state index contributed by atoms with van der Waals surface area (Å²) in [5.74, 6) is 0.835. The summed E-state index contributed by atoms with van der Waals surface area (Å²) in [6, 6.07) is 11.8. The number of halogens is 2. The zero-order valence-electron chi connectivity index (χ0n) is 12.8. The quantitative estimate of drug-likeness (QED) is 0.712. The summed E-state index contributed by atoms with van der Waals surface area (Å²) in [7, 11) is 0. The van der Waals surface area contributed by atoms with Crippen LogP contribution in [0.5, 0.6) is 0 Å².